The van der Waals surface area contributed by atoms with Gasteiger partial charge in [-0.1, -0.05) is 36.4 Å². The summed E-state index contributed by atoms with van der Waals surface area (Å²) in [5, 5.41) is 1.98. The number of amides is 1. The molecule has 3 aromatic rings. The summed E-state index contributed by atoms with van der Waals surface area (Å²) in [6, 6.07) is 17.5. The third kappa shape index (κ3) is 3.79. The summed E-state index contributed by atoms with van der Waals surface area (Å²) in [5.74, 6) is 1.31. The van der Waals surface area contributed by atoms with Crippen LogP contribution in [-0.2, 0) is 0 Å². The van der Waals surface area contributed by atoms with E-state index in [1.807, 2.05) is 66.4 Å². The van der Waals surface area contributed by atoms with Gasteiger partial charge in [0.15, 0.2) is 0 Å². The summed E-state index contributed by atoms with van der Waals surface area (Å²) in [6.45, 7) is 3.78. The van der Waals surface area contributed by atoms with Crippen molar-refractivity contribution in [2.45, 2.75) is 25.9 Å². The first kappa shape index (κ1) is 18.3. The molecule has 2 heterocycles. The lowest BCUT2D eigenvalue weighted by atomic mass is 10.0. The van der Waals surface area contributed by atoms with Gasteiger partial charge in [0, 0.05) is 38.2 Å². The van der Waals surface area contributed by atoms with Crippen molar-refractivity contribution in [3.05, 3.63) is 66.4 Å². The molecule has 0 aliphatic carbocycles. The van der Waals surface area contributed by atoms with Crippen molar-refractivity contribution in [2.24, 2.45) is 0 Å². The predicted octanol–water partition coefficient (Wildman–Crippen LogP) is 4.32. The Bertz CT molecular complexity index is 950. The molecule has 4 rings (SSSR count). The van der Waals surface area contributed by atoms with Gasteiger partial charge in [0.25, 0.3) is 5.91 Å². The fourth-order valence-electron chi connectivity index (χ4n) is 3.67. The molecule has 5 nitrogen and oxygen atoms in total. The zero-order valence-electron chi connectivity index (χ0n) is 16.0. The second-order valence-electron chi connectivity index (χ2n) is 6.87. The van der Waals surface area contributed by atoms with Crippen LogP contribution in [0.4, 0.5) is 0 Å². The molecule has 2 aromatic carbocycles. The number of carbonyl (C=O) groups excluding carboxylic acids is 1. The summed E-state index contributed by atoms with van der Waals surface area (Å²) in [6.07, 6.45) is 3.38. The van der Waals surface area contributed by atoms with Gasteiger partial charge in [-0.05, 0) is 29.8 Å². The van der Waals surface area contributed by atoms with Crippen molar-refractivity contribution >= 4 is 16.7 Å². The Morgan fingerprint density at radius 3 is 2.61 bits per heavy atom. The molecule has 1 aliphatic heterocycles. The van der Waals surface area contributed by atoms with Crippen LogP contribution in [0.5, 0.6) is 11.6 Å². The molecule has 0 saturated carbocycles. The highest BCUT2D eigenvalue weighted by Crippen LogP contribution is 2.30. The van der Waals surface area contributed by atoms with E-state index in [9.17, 15) is 4.79 Å². The van der Waals surface area contributed by atoms with E-state index in [4.69, 9.17) is 9.47 Å². The van der Waals surface area contributed by atoms with Crippen LogP contribution >= 0.6 is 0 Å². The van der Waals surface area contributed by atoms with Crippen LogP contribution in [0.3, 0.4) is 0 Å². The lowest BCUT2D eigenvalue weighted by Crippen LogP contribution is -2.42. The maximum Gasteiger partial charge on any atom is 0.258 e. The van der Waals surface area contributed by atoms with Crippen LogP contribution in [0.2, 0.25) is 0 Å². The van der Waals surface area contributed by atoms with Crippen LogP contribution in [0.15, 0.2) is 60.8 Å². The van der Waals surface area contributed by atoms with Crippen molar-refractivity contribution in [2.75, 3.05) is 19.7 Å². The van der Waals surface area contributed by atoms with Crippen molar-refractivity contribution in [3.63, 3.8) is 0 Å². The topological polar surface area (TPSA) is 51.7 Å². The highest BCUT2D eigenvalue weighted by molar-refractivity contribution is 6.09. The average molecular weight is 376 g/mol. The van der Waals surface area contributed by atoms with Crippen molar-refractivity contribution in [3.8, 4) is 11.6 Å². The summed E-state index contributed by atoms with van der Waals surface area (Å²) in [7, 11) is 0. The van der Waals surface area contributed by atoms with Crippen LogP contribution in [0, 0.1) is 0 Å². The summed E-state index contributed by atoms with van der Waals surface area (Å²) in [4.78, 5) is 19.5. The molecular formula is C23H24N2O3. The lowest BCUT2D eigenvalue weighted by molar-refractivity contribution is 0.0586. The van der Waals surface area contributed by atoms with E-state index in [0.29, 0.717) is 36.9 Å². The van der Waals surface area contributed by atoms with E-state index in [0.717, 1.165) is 23.6 Å². The monoisotopic (exact) mass is 376 g/mol. The van der Waals surface area contributed by atoms with E-state index in [-0.39, 0.29) is 12.0 Å². The molecule has 1 aliphatic rings. The fourth-order valence-corrected chi connectivity index (χ4v) is 3.67. The van der Waals surface area contributed by atoms with Crippen molar-refractivity contribution < 1.29 is 14.3 Å². The van der Waals surface area contributed by atoms with Crippen molar-refractivity contribution in [1.82, 2.24) is 9.88 Å². The minimum Gasteiger partial charge on any atom is -0.493 e. The molecule has 144 valence electrons. The predicted molar refractivity (Wildman–Crippen MR) is 109 cm³/mol. The number of hydrogen-bond donors (Lipinski definition) is 0. The molecule has 1 aromatic heterocycles. The van der Waals surface area contributed by atoms with E-state index < -0.39 is 0 Å². The van der Waals surface area contributed by atoms with Crippen LogP contribution < -0.4 is 9.47 Å². The van der Waals surface area contributed by atoms with Gasteiger partial charge in [0.05, 0.1) is 12.2 Å². The van der Waals surface area contributed by atoms with E-state index in [2.05, 4.69) is 4.98 Å². The highest BCUT2D eigenvalue weighted by Gasteiger charge is 2.27. The first-order valence-corrected chi connectivity index (χ1v) is 9.77. The summed E-state index contributed by atoms with van der Waals surface area (Å²) >= 11 is 0. The number of carbonyl (C=O) groups is 1. The first-order chi connectivity index (χ1) is 13.8. The maximum absolute atomic E-state index is 13.4. The fraction of sp³-hybridized carbons (Fsp3) is 0.304. The molecule has 1 amide bonds. The SMILES string of the molecule is CCOc1ccc2ccccc2c1C(=O)N1CCC(Oc2ccccn2)CC1. The van der Waals surface area contributed by atoms with Gasteiger partial charge in [-0.15, -0.1) is 0 Å². The summed E-state index contributed by atoms with van der Waals surface area (Å²) in [5.41, 5.74) is 0.657. The second-order valence-corrected chi connectivity index (χ2v) is 6.87. The number of likely N-dealkylation sites (tertiary alicyclic amines) is 1. The third-order valence-corrected chi connectivity index (χ3v) is 5.06. The van der Waals surface area contributed by atoms with Crippen LogP contribution in [0.1, 0.15) is 30.1 Å². The van der Waals surface area contributed by atoms with Gasteiger partial charge in [-0.25, -0.2) is 4.98 Å². The quantitative estimate of drug-likeness (QED) is 0.666. The molecule has 0 unspecified atom stereocenters. The molecule has 0 radical (unpaired) electrons. The molecular weight excluding hydrogens is 352 g/mol. The number of rotatable bonds is 5. The van der Waals surface area contributed by atoms with E-state index in [1.165, 1.54) is 0 Å². The van der Waals surface area contributed by atoms with E-state index in [1.54, 1.807) is 6.20 Å². The molecule has 5 heteroatoms. The van der Waals surface area contributed by atoms with Gasteiger partial charge in [-0.2, -0.15) is 0 Å². The van der Waals surface area contributed by atoms with Gasteiger partial charge in [0.1, 0.15) is 11.9 Å². The molecule has 0 spiro atoms. The Morgan fingerprint density at radius 1 is 1.07 bits per heavy atom. The minimum atomic E-state index is 0.0246. The number of nitrogens with zero attached hydrogens (tertiary/aromatic N) is 2. The smallest absolute Gasteiger partial charge is 0.258 e. The average Bonchev–Trinajstić information content (AvgIpc) is 2.75. The zero-order chi connectivity index (χ0) is 19.3. The van der Waals surface area contributed by atoms with Crippen LogP contribution in [0.25, 0.3) is 10.8 Å². The molecule has 1 saturated heterocycles. The van der Waals surface area contributed by atoms with Gasteiger partial charge in [-0.3, -0.25) is 4.79 Å². The molecule has 1 fully saturated rings. The zero-order valence-corrected chi connectivity index (χ0v) is 16.0. The van der Waals surface area contributed by atoms with E-state index >= 15 is 0 Å². The Kier molecular flexibility index (Phi) is 5.42. The minimum absolute atomic E-state index is 0.0246. The Hall–Kier alpha value is -3.08. The van der Waals surface area contributed by atoms with Crippen LogP contribution in [-0.4, -0.2) is 41.6 Å². The number of aromatic nitrogens is 1. The number of pyridine rings is 1. The number of hydrogen-bond acceptors (Lipinski definition) is 4. The van der Waals surface area contributed by atoms with Gasteiger partial charge >= 0.3 is 0 Å². The Labute approximate surface area is 164 Å². The Balaban J connectivity index is 1.52. The van der Waals surface area contributed by atoms with Gasteiger partial charge < -0.3 is 14.4 Å². The highest BCUT2D eigenvalue weighted by atomic mass is 16.5. The standard InChI is InChI=1S/C23H24N2O3/c1-2-27-20-11-10-17-7-3-4-8-19(17)22(20)23(26)25-15-12-18(13-16-25)28-21-9-5-6-14-24-21/h3-11,14,18H,2,12-13,15-16H2,1H3. The maximum atomic E-state index is 13.4. The lowest BCUT2D eigenvalue weighted by Gasteiger charge is -2.32. The molecule has 0 bridgehead atoms. The number of ether oxygens (including phenoxy) is 2. The number of fused-ring (bicyclic) bond motifs is 1. The van der Waals surface area contributed by atoms with Gasteiger partial charge in [0.2, 0.25) is 5.88 Å². The first-order valence-electron chi connectivity index (χ1n) is 9.77. The Morgan fingerprint density at radius 2 is 1.86 bits per heavy atom. The number of benzene rings is 2. The normalized spacial score (nSPS) is 14.8. The summed E-state index contributed by atoms with van der Waals surface area (Å²) < 4.78 is 11.7. The van der Waals surface area contributed by atoms with Crippen molar-refractivity contribution in [1.29, 1.82) is 0 Å². The molecule has 28 heavy (non-hydrogen) atoms. The molecule has 0 N–H and O–H groups in total. The second kappa shape index (κ2) is 8.30. The third-order valence-electron chi connectivity index (χ3n) is 5.06. The molecule has 0 atom stereocenters. The largest absolute Gasteiger partial charge is 0.493 e. The number of piperidine rings is 1.